The molecule has 0 aliphatic carbocycles. The van der Waals surface area contributed by atoms with Crippen molar-refractivity contribution in [3.63, 3.8) is 0 Å². The van der Waals surface area contributed by atoms with E-state index >= 15 is 0 Å². The fraction of sp³-hybridized carbons (Fsp3) is 0.400. The Balaban J connectivity index is 2.11. The molecule has 0 fully saturated rings. The topological polar surface area (TPSA) is 27.1 Å². The third-order valence-corrected chi connectivity index (χ3v) is 2.93. The number of aromatic nitrogens is 2. The molecule has 0 bridgehead atoms. The van der Waals surface area contributed by atoms with E-state index in [4.69, 9.17) is 4.74 Å². The average molecular weight is 244 g/mol. The zero-order valence-electron chi connectivity index (χ0n) is 11.5. The van der Waals surface area contributed by atoms with Gasteiger partial charge in [-0.2, -0.15) is 0 Å². The first-order chi connectivity index (χ1) is 8.58. The fourth-order valence-electron chi connectivity index (χ4n) is 2.16. The maximum absolute atomic E-state index is 5.79. The van der Waals surface area contributed by atoms with Crippen molar-refractivity contribution in [1.29, 1.82) is 0 Å². The van der Waals surface area contributed by atoms with Crippen molar-refractivity contribution in [1.82, 2.24) is 9.55 Å². The van der Waals surface area contributed by atoms with Crippen LogP contribution in [-0.4, -0.2) is 9.55 Å². The number of benzene rings is 1. The van der Waals surface area contributed by atoms with Gasteiger partial charge in [0.05, 0.1) is 0 Å². The minimum atomic E-state index is 0.406. The first-order valence-corrected chi connectivity index (χ1v) is 6.30. The van der Waals surface area contributed by atoms with Crippen LogP contribution in [-0.2, 0) is 6.61 Å². The molecule has 0 saturated carbocycles. The summed E-state index contributed by atoms with van der Waals surface area (Å²) in [5.41, 5.74) is 2.38. The van der Waals surface area contributed by atoms with Crippen LogP contribution in [0.15, 0.2) is 30.5 Å². The summed E-state index contributed by atoms with van der Waals surface area (Å²) in [6.07, 6.45) is 1.90. The van der Waals surface area contributed by atoms with Crippen LogP contribution in [0.25, 0.3) is 0 Å². The van der Waals surface area contributed by atoms with Gasteiger partial charge in [-0.15, -0.1) is 0 Å². The van der Waals surface area contributed by atoms with E-state index in [9.17, 15) is 0 Å². The largest absolute Gasteiger partial charge is 0.486 e. The molecule has 1 aromatic carbocycles. The molecule has 1 aromatic heterocycles. The van der Waals surface area contributed by atoms with Gasteiger partial charge in [0, 0.05) is 17.9 Å². The molecular formula is C15H20N2O. The van der Waals surface area contributed by atoms with Crippen LogP contribution >= 0.6 is 0 Å². The number of hydrogen-bond acceptors (Lipinski definition) is 2. The summed E-state index contributed by atoms with van der Waals surface area (Å²) in [4.78, 5) is 4.41. The normalized spacial score (nSPS) is 10.9. The van der Waals surface area contributed by atoms with Crippen LogP contribution in [0.2, 0.25) is 0 Å². The molecule has 0 aliphatic heterocycles. The molecular weight excluding hydrogens is 224 g/mol. The first kappa shape index (κ1) is 12.7. The van der Waals surface area contributed by atoms with Crippen molar-refractivity contribution in [2.45, 2.75) is 40.3 Å². The van der Waals surface area contributed by atoms with Crippen LogP contribution in [0, 0.1) is 13.8 Å². The molecule has 0 atom stereocenters. The Morgan fingerprint density at radius 1 is 1.28 bits per heavy atom. The maximum Gasteiger partial charge on any atom is 0.147 e. The van der Waals surface area contributed by atoms with Gasteiger partial charge in [0.1, 0.15) is 18.2 Å². The Morgan fingerprint density at radius 2 is 2.06 bits per heavy atom. The summed E-state index contributed by atoms with van der Waals surface area (Å²) in [5, 5.41) is 0. The molecule has 0 N–H and O–H groups in total. The van der Waals surface area contributed by atoms with Gasteiger partial charge in [-0.25, -0.2) is 4.98 Å². The zero-order valence-corrected chi connectivity index (χ0v) is 11.5. The van der Waals surface area contributed by atoms with Crippen LogP contribution in [0.3, 0.4) is 0 Å². The predicted molar refractivity (Wildman–Crippen MR) is 72.9 cm³/mol. The summed E-state index contributed by atoms with van der Waals surface area (Å²) < 4.78 is 8.00. The first-order valence-electron chi connectivity index (χ1n) is 6.30. The lowest BCUT2D eigenvalue weighted by atomic mass is 10.2. The third-order valence-electron chi connectivity index (χ3n) is 2.93. The highest BCUT2D eigenvalue weighted by molar-refractivity contribution is 5.27. The predicted octanol–water partition coefficient (Wildman–Crippen LogP) is 3.66. The Morgan fingerprint density at radius 3 is 2.72 bits per heavy atom. The SMILES string of the molecule is Cc1cccc(OCc2ncc(C)n2C(C)C)c1. The second kappa shape index (κ2) is 5.25. The molecule has 0 aliphatic rings. The van der Waals surface area contributed by atoms with Gasteiger partial charge in [-0.3, -0.25) is 0 Å². The van der Waals surface area contributed by atoms with E-state index in [-0.39, 0.29) is 0 Å². The van der Waals surface area contributed by atoms with E-state index in [1.165, 1.54) is 11.3 Å². The standard InChI is InChI=1S/C15H20N2O/c1-11(2)17-13(4)9-16-15(17)10-18-14-7-5-6-12(3)8-14/h5-9,11H,10H2,1-4H3. The van der Waals surface area contributed by atoms with E-state index in [1.54, 1.807) is 0 Å². The van der Waals surface area contributed by atoms with Crippen molar-refractivity contribution in [2.75, 3.05) is 0 Å². The Labute approximate surface area is 108 Å². The van der Waals surface area contributed by atoms with Crippen molar-refractivity contribution in [3.8, 4) is 5.75 Å². The lowest BCUT2D eigenvalue weighted by molar-refractivity contribution is 0.285. The molecule has 3 heteroatoms. The molecule has 2 rings (SSSR count). The summed E-state index contributed by atoms with van der Waals surface area (Å²) in [6, 6.07) is 8.48. The van der Waals surface area contributed by atoms with E-state index in [1.807, 2.05) is 24.4 Å². The molecule has 0 saturated heterocycles. The van der Waals surface area contributed by atoms with Gasteiger partial charge < -0.3 is 9.30 Å². The molecule has 0 amide bonds. The lowest BCUT2D eigenvalue weighted by Crippen LogP contribution is -2.10. The second-order valence-corrected chi connectivity index (χ2v) is 4.88. The van der Waals surface area contributed by atoms with E-state index in [0.717, 1.165) is 11.6 Å². The second-order valence-electron chi connectivity index (χ2n) is 4.88. The third kappa shape index (κ3) is 2.73. The maximum atomic E-state index is 5.79. The van der Waals surface area contributed by atoms with E-state index in [0.29, 0.717) is 12.6 Å². The minimum absolute atomic E-state index is 0.406. The Kier molecular flexibility index (Phi) is 3.70. The molecule has 18 heavy (non-hydrogen) atoms. The van der Waals surface area contributed by atoms with Crippen molar-refractivity contribution in [3.05, 3.63) is 47.5 Å². The summed E-state index contributed by atoms with van der Waals surface area (Å²) >= 11 is 0. The van der Waals surface area contributed by atoms with E-state index in [2.05, 4.69) is 43.3 Å². The molecule has 0 radical (unpaired) electrons. The van der Waals surface area contributed by atoms with Crippen molar-refractivity contribution in [2.24, 2.45) is 0 Å². The van der Waals surface area contributed by atoms with Crippen LogP contribution < -0.4 is 4.74 Å². The lowest BCUT2D eigenvalue weighted by Gasteiger charge is -2.14. The number of imidazole rings is 1. The average Bonchev–Trinajstić information content (AvgIpc) is 2.68. The van der Waals surface area contributed by atoms with Crippen LogP contribution in [0.5, 0.6) is 5.75 Å². The van der Waals surface area contributed by atoms with E-state index < -0.39 is 0 Å². The number of aryl methyl sites for hydroxylation is 2. The van der Waals surface area contributed by atoms with Crippen molar-refractivity contribution < 1.29 is 4.74 Å². The van der Waals surface area contributed by atoms with Gasteiger partial charge in [-0.1, -0.05) is 12.1 Å². The smallest absolute Gasteiger partial charge is 0.147 e. The number of rotatable bonds is 4. The number of hydrogen-bond donors (Lipinski definition) is 0. The highest BCUT2D eigenvalue weighted by atomic mass is 16.5. The summed E-state index contributed by atoms with van der Waals surface area (Å²) in [5.74, 6) is 1.87. The minimum Gasteiger partial charge on any atom is -0.486 e. The monoisotopic (exact) mass is 244 g/mol. The fourth-order valence-corrected chi connectivity index (χ4v) is 2.16. The summed E-state index contributed by atoms with van der Waals surface area (Å²) in [7, 11) is 0. The van der Waals surface area contributed by atoms with Crippen LogP contribution in [0.4, 0.5) is 0 Å². The quantitative estimate of drug-likeness (QED) is 0.820. The van der Waals surface area contributed by atoms with Gasteiger partial charge in [-0.05, 0) is 45.4 Å². The van der Waals surface area contributed by atoms with Gasteiger partial charge in [0.2, 0.25) is 0 Å². The molecule has 2 aromatic rings. The molecule has 96 valence electrons. The highest BCUT2D eigenvalue weighted by Gasteiger charge is 2.10. The number of ether oxygens (including phenoxy) is 1. The zero-order chi connectivity index (χ0) is 13.1. The molecule has 1 heterocycles. The Bertz CT molecular complexity index is 529. The van der Waals surface area contributed by atoms with Gasteiger partial charge in [0.25, 0.3) is 0 Å². The van der Waals surface area contributed by atoms with Crippen molar-refractivity contribution >= 4 is 0 Å². The van der Waals surface area contributed by atoms with Crippen LogP contribution in [0.1, 0.15) is 37.0 Å². The van der Waals surface area contributed by atoms with Gasteiger partial charge in [0.15, 0.2) is 0 Å². The summed E-state index contributed by atoms with van der Waals surface area (Å²) in [6.45, 7) is 8.96. The molecule has 0 unspecified atom stereocenters. The van der Waals surface area contributed by atoms with Gasteiger partial charge >= 0.3 is 0 Å². The Hall–Kier alpha value is -1.77. The molecule has 3 nitrogen and oxygen atoms in total. The number of nitrogens with zero attached hydrogens (tertiary/aromatic N) is 2. The molecule has 0 spiro atoms. The highest BCUT2D eigenvalue weighted by Crippen LogP contribution is 2.17.